The highest BCUT2D eigenvalue weighted by molar-refractivity contribution is 7.22. The highest BCUT2D eigenvalue weighted by Gasteiger charge is 2.27. The number of carbonyl (C=O) groups excluding carboxylic acids is 1. The molecule has 4 rings (SSSR count). The number of morpholine rings is 1. The van der Waals surface area contributed by atoms with Gasteiger partial charge in [-0.3, -0.25) is 19.3 Å². The normalized spacial score (nSPS) is 14.6. The van der Waals surface area contributed by atoms with Gasteiger partial charge in [0, 0.05) is 32.2 Å². The molecule has 10 heteroatoms. The lowest BCUT2D eigenvalue weighted by Crippen LogP contribution is -2.39. The van der Waals surface area contributed by atoms with Crippen LogP contribution in [-0.4, -0.2) is 79.2 Å². The molecule has 184 valence electrons. The summed E-state index contributed by atoms with van der Waals surface area (Å²) in [7, 11) is 3.26. The fourth-order valence-electron chi connectivity index (χ4n) is 4.16. The number of methoxy groups -OCH3 is 2. The smallest absolute Gasteiger partial charge is 0.278 e. The second-order valence-electron chi connectivity index (χ2n) is 8.62. The molecular weight excluding hydrogens is 454 g/mol. The van der Waals surface area contributed by atoms with Crippen molar-refractivity contribution in [3.05, 3.63) is 29.6 Å². The molecule has 0 saturated carbocycles. The molecule has 0 spiro atoms. The second-order valence-corrected chi connectivity index (χ2v) is 9.60. The molecule has 0 radical (unpaired) electrons. The van der Waals surface area contributed by atoms with Crippen molar-refractivity contribution in [3.8, 4) is 11.5 Å². The third-order valence-electron chi connectivity index (χ3n) is 5.90. The quantitative estimate of drug-likeness (QED) is 0.454. The summed E-state index contributed by atoms with van der Waals surface area (Å²) in [6.45, 7) is 10.8. The van der Waals surface area contributed by atoms with E-state index < -0.39 is 0 Å². The Hall–Kier alpha value is -2.69. The molecule has 1 saturated heterocycles. The van der Waals surface area contributed by atoms with Crippen molar-refractivity contribution in [1.29, 1.82) is 0 Å². The summed E-state index contributed by atoms with van der Waals surface area (Å²) in [4.78, 5) is 22.9. The Labute approximate surface area is 204 Å². The molecule has 0 unspecified atom stereocenters. The van der Waals surface area contributed by atoms with Crippen molar-refractivity contribution in [2.45, 2.75) is 33.2 Å². The van der Waals surface area contributed by atoms with Gasteiger partial charge in [0.2, 0.25) is 0 Å². The number of hydrogen-bond acceptors (Lipinski definition) is 8. The first-order valence-corrected chi connectivity index (χ1v) is 12.4. The summed E-state index contributed by atoms with van der Waals surface area (Å²) in [5.74, 6) is 1.26. The lowest BCUT2D eigenvalue weighted by molar-refractivity contribution is 0.0376. The van der Waals surface area contributed by atoms with Gasteiger partial charge in [0.1, 0.15) is 27.4 Å². The van der Waals surface area contributed by atoms with E-state index in [-0.39, 0.29) is 11.9 Å². The Morgan fingerprint density at radius 3 is 2.59 bits per heavy atom. The highest BCUT2D eigenvalue weighted by Crippen LogP contribution is 2.40. The average Bonchev–Trinajstić information content (AvgIpc) is 3.45. The minimum Gasteiger partial charge on any atom is -0.495 e. The van der Waals surface area contributed by atoms with Gasteiger partial charge in [0.05, 0.1) is 33.1 Å². The van der Waals surface area contributed by atoms with Gasteiger partial charge in [-0.15, -0.1) is 0 Å². The molecule has 2 aromatic heterocycles. The molecule has 3 heterocycles. The number of anilines is 1. The second kappa shape index (κ2) is 10.7. The first-order valence-electron chi connectivity index (χ1n) is 11.6. The van der Waals surface area contributed by atoms with E-state index in [2.05, 4.69) is 10.00 Å². The maximum atomic E-state index is 13.9. The van der Waals surface area contributed by atoms with E-state index in [0.717, 1.165) is 49.7 Å². The number of rotatable bonds is 9. The van der Waals surface area contributed by atoms with E-state index in [0.29, 0.717) is 34.4 Å². The number of fused-ring (bicyclic) bond motifs is 1. The van der Waals surface area contributed by atoms with E-state index in [1.807, 2.05) is 39.0 Å². The molecule has 1 fully saturated rings. The van der Waals surface area contributed by atoms with Crippen LogP contribution in [0.1, 0.15) is 42.5 Å². The molecule has 0 aliphatic carbocycles. The summed E-state index contributed by atoms with van der Waals surface area (Å²) < 4.78 is 19.2. The molecule has 0 N–H and O–H groups in total. The van der Waals surface area contributed by atoms with Crippen LogP contribution in [0.4, 0.5) is 5.13 Å². The molecule has 3 aromatic rings. The Morgan fingerprint density at radius 1 is 1.21 bits per heavy atom. The van der Waals surface area contributed by atoms with Gasteiger partial charge in [-0.05, 0) is 45.4 Å². The fourth-order valence-corrected chi connectivity index (χ4v) is 5.26. The van der Waals surface area contributed by atoms with Crippen LogP contribution >= 0.6 is 11.3 Å². The molecule has 0 bridgehead atoms. The van der Waals surface area contributed by atoms with E-state index in [9.17, 15) is 4.79 Å². The zero-order valence-corrected chi connectivity index (χ0v) is 21.4. The standard InChI is InChI=1S/C24H33N5O4S/c1-16(2)29-18(15-17(3)26-29)23(30)28(10-6-9-27-11-13-33-14-12-27)24-25-21-19(31-4)7-8-20(32-5)22(21)34-24/h7-8,15-16H,6,9-14H2,1-5H3. The van der Waals surface area contributed by atoms with Crippen molar-refractivity contribution in [2.75, 3.05) is 58.5 Å². The largest absolute Gasteiger partial charge is 0.495 e. The molecule has 1 aliphatic rings. The van der Waals surface area contributed by atoms with Crippen LogP contribution in [0.5, 0.6) is 11.5 Å². The van der Waals surface area contributed by atoms with E-state index in [1.54, 1.807) is 23.8 Å². The van der Waals surface area contributed by atoms with Crippen LogP contribution in [0.15, 0.2) is 18.2 Å². The highest BCUT2D eigenvalue weighted by atomic mass is 32.1. The van der Waals surface area contributed by atoms with Crippen LogP contribution in [0.3, 0.4) is 0 Å². The third-order valence-corrected chi connectivity index (χ3v) is 6.99. The summed E-state index contributed by atoms with van der Waals surface area (Å²) in [5.41, 5.74) is 2.08. The fraction of sp³-hybridized carbons (Fsp3) is 0.542. The number of aromatic nitrogens is 3. The zero-order valence-electron chi connectivity index (χ0n) is 20.5. The molecule has 1 aliphatic heterocycles. The Bertz CT molecular complexity index is 1100. The number of ether oxygens (including phenoxy) is 3. The maximum Gasteiger partial charge on any atom is 0.278 e. The van der Waals surface area contributed by atoms with E-state index >= 15 is 0 Å². The SMILES string of the molecule is COc1ccc(OC)c2sc(N(CCCN3CCOCC3)C(=O)c3cc(C)nn3C(C)C)nc12. The lowest BCUT2D eigenvalue weighted by Gasteiger charge is -2.28. The van der Waals surface area contributed by atoms with Gasteiger partial charge in [-0.25, -0.2) is 4.98 Å². The number of nitrogens with zero attached hydrogens (tertiary/aromatic N) is 5. The number of hydrogen-bond donors (Lipinski definition) is 0. The third kappa shape index (κ3) is 5.03. The topological polar surface area (TPSA) is 82.0 Å². The molecule has 1 aromatic carbocycles. The van der Waals surface area contributed by atoms with Gasteiger partial charge < -0.3 is 14.2 Å². The Morgan fingerprint density at radius 2 is 1.91 bits per heavy atom. The van der Waals surface area contributed by atoms with Crippen LogP contribution in [0.25, 0.3) is 10.2 Å². The number of thiazole rings is 1. The van der Waals surface area contributed by atoms with E-state index in [1.165, 1.54) is 11.3 Å². The number of carbonyl (C=O) groups is 1. The minimum absolute atomic E-state index is 0.0680. The van der Waals surface area contributed by atoms with Gasteiger partial charge in [0.15, 0.2) is 5.13 Å². The van der Waals surface area contributed by atoms with Crippen LogP contribution in [-0.2, 0) is 4.74 Å². The monoisotopic (exact) mass is 487 g/mol. The van der Waals surface area contributed by atoms with Gasteiger partial charge in [-0.2, -0.15) is 5.10 Å². The molecular formula is C24H33N5O4S. The predicted molar refractivity (Wildman–Crippen MR) is 134 cm³/mol. The first-order chi connectivity index (χ1) is 16.4. The summed E-state index contributed by atoms with van der Waals surface area (Å²) in [5, 5.41) is 5.17. The van der Waals surface area contributed by atoms with Crippen molar-refractivity contribution < 1.29 is 19.0 Å². The van der Waals surface area contributed by atoms with Crippen LogP contribution < -0.4 is 14.4 Å². The minimum atomic E-state index is -0.103. The van der Waals surface area contributed by atoms with Gasteiger partial charge in [0.25, 0.3) is 5.91 Å². The van der Waals surface area contributed by atoms with Gasteiger partial charge in [-0.1, -0.05) is 11.3 Å². The molecule has 0 atom stereocenters. The van der Waals surface area contributed by atoms with Crippen molar-refractivity contribution >= 4 is 32.6 Å². The van der Waals surface area contributed by atoms with E-state index in [4.69, 9.17) is 19.2 Å². The van der Waals surface area contributed by atoms with Crippen molar-refractivity contribution in [1.82, 2.24) is 19.7 Å². The summed E-state index contributed by atoms with van der Waals surface area (Å²) in [6.07, 6.45) is 0.824. The lowest BCUT2D eigenvalue weighted by atomic mass is 10.2. The zero-order chi connectivity index (χ0) is 24.2. The summed E-state index contributed by atoms with van der Waals surface area (Å²) >= 11 is 1.44. The first kappa shape index (κ1) is 24.4. The molecule has 1 amide bonds. The summed E-state index contributed by atoms with van der Waals surface area (Å²) in [6, 6.07) is 5.63. The maximum absolute atomic E-state index is 13.9. The number of benzene rings is 1. The van der Waals surface area contributed by atoms with Crippen molar-refractivity contribution in [3.63, 3.8) is 0 Å². The average molecular weight is 488 g/mol. The predicted octanol–water partition coefficient (Wildman–Crippen LogP) is 3.77. The number of amides is 1. The number of aryl methyl sites for hydroxylation is 1. The van der Waals surface area contributed by atoms with Crippen LogP contribution in [0.2, 0.25) is 0 Å². The Balaban J connectivity index is 1.69. The van der Waals surface area contributed by atoms with Gasteiger partial charge >= 0.3 is 0 Å². The van der Waals surface area contributed by atoms with Crippen molar-refractivity contribution in [2.24, 2.45) is 0 Å². The molecule has 34 heavy (non-hydrogen) atoms. The Kier molecular flexibility index (Phi) is 7.70. The van der Waals surface area contributed by atoms with Crippen LogP contribution in [0, 0.1) is 6.92 Å². The molecule has 9 nitrogen and oxygen atoms in total.